The third-order valence-electron chi connectivity index (χ3n) is 4.72. The standard InChI is InChI=1S/C22H28N2O2/c1-22(2,3)17-10-12-18(13-11-17)26-16-21(25)23-19-8-4-5-9-20(19)24-14-6-7-15-24/h4-5,8-13H,6-7,14-16H2,1-3H3,(H,23,25). The van der Waals surface area contributed by atoms with Crippen LogP contribution in [0.5, 0.6) is 5.75 Å². The van der Waals surface area contributed by atoms with Crippen LogP contribution in [0, 0.1) is 0 Å². The molecule has 1 N–H and O–H groups in total. The topological polar surface area (TPSA) is 41.6 Å². The van der Waals surface area contributed by atoms with Gasteiger partial charge in [0.05, 0.1) is 11.4 Å². The molecule has 1 aliphatic heterocycles. The molecule has 0 unspecified atom stereocenters. The van der Waals surface area contributed by atoms with Gasteiger partial charge in [0.1, 0.15) is 5.75 Å². The summed E-state index contributed by atoms with van der Waals surface area (Å²) in [5, 5.41) is 2.99. The van der Waals surface area contributed by atoms with Gasteiger partial charge in [-0.3, -0.25) is 4.79 Å². The van der Waals surface area contributed by atoms with Crippen molar-refractivity contribution in [1.82, 2.24) is 0 Å². The first-order chi connectivity index (χ1) is 12.4. The molecule has 3 rings (SSSR count). The zero-order valence-electron chi connectivity index (χ0n) is 15.9. The molecule has 1 fully saturated rings. The van der Waals surface area contributed by atoms with Crippen molar-refractivity contribution < 1.29 is 9.53 Å². The highest BCUT2D eigenvalue weighted by Crippen LogP contribution is 2.28. The highest BCUT2D eigenvalue weighted by atomic mass is 16.5. The van der Waals surface area contributed by atoms with Gasteiger partial charge < -0.3 is 15.0 Å². The number of nitrogens with zero attached hydrogens (tertiary/aromatic N) is 1. The summed E-state index contributed by atoms with van der Waals surface area (Å²) in [6.45, 7) is 8.62. The first-order valence-corrected chi connectivity index (χ1v) is 9.31. The minimum absolute atomic E-state index is 0.00317. The Morgan fingerprint density at radius 1 is 1.04 bits per heavy atom. The summed E-state index contributed by atoms with van der Waals surface area (Å²) in [6, 6.07) is 15.9. The van der Waals surface area contributed by atoms with Crippen molar-refractivity contribution >= 4 is 17.3 Å². The number of hydrogen-bond acceptors (Lipinski definition) is 3. The minimum atomic E-state index is -0.142. The molecule has 26 heavy (non-hydrogen) atoms. The molecule has 0 aromatic heterocycles. The molecule has 2 aromatic rings. The van der Waals surface area contributed by atoms with Gasteiger partial charge >= 0.3 is 0 Å². The van der Waals surface area contributed by atoms with Crippen LogP contribution in [-0.4, -0.2) is 25.6 Å². The predicted molar refractivity (Wildman–Crippen MR) is 107 cm³/mol. The Balaban J connectivity index is 1.58. The normalized spacial score (nSPS) is 14.3. The first-order valence-electron chi connectivity index (χ1n) is 9.31. The summed E-state index contributed by atoms with van der Waals surface area (Å²) >= 11 is 0. The van der Waals surface area contributed by atoms with Crippen LogP contribution in [0.4, 0.5) is 11.4 Å². The number of hydrogen-bond donors (Lipinski definition) is 1. The van der Waals surface area contributed by atoms with Crippen molar-refractivity contribution in [2.75, 3.05) is 29.9 Å². The molecule has 0 bridgehead atoms. The third kappa shape index (κ3) is 4.57. The van der Waals surface area contributed by atoms with E-state index in [1.54, 1.807) is 0 Å². The first kappa shape index (κ1) is 18.3. The highest BCUT2D eigenvalue weighted by molar-refractivity contribution is 5.95. The van der Waals surface area contributed by atoms with Gasteiger partial charge in [0.25, 0.3) is 5.91 Å². The van der Waals surface area contributed by atoms with E-state index in [1.807, 2.05) is 30.3 Å². The van der Waals surface area contributed by atoms with E-state index in [2.05, 4.69) is 49.2 Å². The second-order valence-corrected chi connectivity index (χ2v) is 7.82. The van der Waals surface area contributed by atoms with Gasteiger partial charge in [-0.2, -0.15) is 0 Å². The van der Waals surface area contributed by atoms with E-state index in [-0.39, 0.29) is 17.9 Å². The Morgan fingerprint density at radius 2 is 1.69 bits per heavy atom. The summed E-state index contributed by atoms with van der Waals surface area (Å²) in [7, 11) is 0. The maximum atomic E-state index is 12.3. The summed E-state index contributed by atoms with van der Waals surface area (Å²) < 4.78 is 5.65. The van der Waals surface area contributed by atoms with Crippen LogP contribution in [0.2, 0.25) is 0 Å². The summed E-state index contributed by atoms with van der Waals surface area (Å²) in [5.41, 5.74) is 3.29. The SMILES string of the molecule is CC(C)(C)c1ccc(OCC(=O)Nc2ccccc2N2CCCC2)cc1. The fourth-order valence-corrected chi connectivity index (χ4v) is 3.20. The maximum Gasteiger partial charge on any atom is 0.262 e. The van der Waals surface area contributed by atoms with Crippen LogP contribution in [0.15, 0.2) is 48.5 Å². The van der Waals surface area contributed by atoms with Gasteiger partial charge in [-0.05, 0) is 48.1 Å². The Kier molecular flexibility index (Phi) is 5.50. The van der Waals surface area contributed by atoms with E-state index >= 15 is 0 Å². The zero-order valence-corrected chi connectivity index (χ0v) is 15.9. The van der Waals surface area contributed by atoms with E-state index in [0.29, 0.717) is 5.75 Å². The van der Waals surface area contributed by atoms with Crippen LogP contribution >= 0.6 is 0 Å². The van der Waals surface area contributed by atoms with Gasteiger partial charge in [-0.1, -0.05) is 45.0 Å². The van der Waals surface area contributed by atoms with Crippen LogP contribution < -0.4 is 15.0 Å². The van der Waals surface area contributed by atoms with E-state index in [1.165, 1.54) is 18.4 Å². The van der Waals surface area contributed by atoms with Gasteiger partial charge in [0, 0.05) is 13.1 Å². The smallest absolute Gasteiger partial charge is 0.262 e. The monoisotopic (exact) mass is 352 g/mol. The number of amides is 1. The summed E-state index contributed by atoms with van der Waals surface area (Å²) in [4.78, 5) is 14.6. The number of carbonyl (C=O) groups is 1. The number of para-hydroxylation sites is 2. The minimum Gasteiger partial charge on any atom is -0.484 e. The summed E-state index contributed by atoms with van der Waals surface area (Å²) in [6.07, 6.45) is 2.41. The number of rotatable bonds is 5. The third-order valence-corrected chi connectivity index (χ3v) is 4.72. The van der Waals surface area contributed by atoms with Gasteiger partial charge in [0.15, 0.2) is 6.61 Å². The fraction of sp³-hybridized carbons (Fsp3) is 0.409. The Hall–Kier alpha value is -2.49. The molecule has 1 heterocycles. The Bertz CT molecular complexity index is 741. The van der Waals surface area contributed by atoms with Crippen molar-refractivity contribution in [1.29, 1.82) is 0 Å². The molecule has 0 spiro atoms. The average molecular weight is 352 g/mol. The van der Waals surface area contributed by atoms with Gasteiger partial charge in [-0.15, -0.1) is 0 Å². The number of benzene rings is 2. The largest absolute Gasteiger partial charge is 0.484 e. The lowest BCUT2D eigenvalue weighted by Crippen LogP contribution is -2.24. The molecule has 0 aliphatic carbocycles. The number of carbonyl (C=O) groups excluding carboxylic acids is 1. The van der Waals surface area contributed by atoms with Crippen molar-refractivity contribution in [3.05, 3.63) is 54.1 Å². The molecule has 4 heteroatoms. The van der Waals surface area contributed by atoms with Crippen LogP contribution in [0.25, 0.3) is 0 Å². The molecule has 0 radical (unpaired) electrons. The van der Waals surface area contributed by atoms with Crippen LogP contribution in [0.3, 0.4) is 0 Å². The second-order valence-electron chi connectivity index (χ2n) is 7.82. The molecule has 0 saturated carbocycles. The van der Waals surface area contributed by atoms with Gasteiger partial charge in [-0.25, -0.2) is 0 Å². The average Bonchev–Trinajstić information content (AvgIpc) is 3.14. The maximum absolute atomic E-state index is 12.3. The van der Waals surface area contributed by atoms with Crippen LogP contribution in [-0.2, 0) is 10.2 Å². The van der Waals surface area contributed by atoms with Crippen molar-refractivity contribution in [3.8, 4) is 5.75 Å². The molecule has 1 amide bonds. The number of nitrogens with one attached hydrogen (secondary N) is 1. The molecule has 2 aromatic carbocycles. The molecule has 1 aliphatic rings. The second kappa shape index (κ2) is 7.81. The molecular formula is C22H28N2O2. The molecule has 1 saturated heterocycles. The van der Waals surface area contributed by atoms with E-state index in [9.17, 15) is 4.79 Å². The van der Waals surface area contributed by atoms with Gasteiger partial charge in [0.2, 0.25) is 0 Å². The summed E-state index contributed by atoms with van der Waals surface area (Å²) in [5.74, 6) is 0.567. The van der Waals surface area contributed by atoms with Crippen molar-refractivity contribution in [2.24, 2.45) is 0 Å². The Morgan fingerprint density at radius 3 is 2.35 bits per heavy atom. The number of anilines is 2. The van der Waals surface area contributed by atoms with Crippen molar-refractivity contribution in [3.63, 3.8) is 0 Å². The Labute approximate surface area is 156 Å². The van der Waals surface area contributed by atoms with Crippen molar-refractivity contribution in [2.45, 2.75) is 39.0 Å². The molecular weight excluding hydrogens is 324 g/mol. The van der Waals surface area contributed by atoms with E-state index in [0.717, 1.165) is 24.5 Å². The fourth-order valence-electron chi connectivity index (χ4n) is 3.20. The lowest BCUT2D eigenvalue weighted by Gasteiger charge is -2.21. The molecule has 0 atom stereocenters. The highest BCUT2D eigenvalue weighted by Gasteiger charge is 2.17. The van der Waals surface area contributed by atoms with E-state index in [4.69, 9.17) is 4.74 Å². The van der Waals surface area contributed by atoms with E-state index < -0.39 is 0 Å². The van der Waals surface area contributed by atoms with Crippen LogP contribution in [0.1, 0.15) is 39.2 Å². The number of ether oxygens (including phenoxy) is 1. The predicted octanol–water partition coefficient (Wildman–Crippen LogP) is 4.60. The zero-order chi connectivity index (χ0) is 18.6. The quantitative estimate of drug-likeness (QED) is 0.855. The lowest BCUT2D eigenvalue weighted by atomic mass is 9.87. The molecule has 4 nitrogen and oxygen atoms in total. The molecule has 138 valence electrons. The lowest BCUT2D eigenvalue weighted by molar-refractivity contribution is -0.118.